The van der Waals surface area contributed by atoms with Crippen LogP contribution in [0.25, 0.3) is 0 Å². The number of ketones is 2. The molecule has 6 heteroatoms. The van der Waals surface area contributed by atoms with Gasteiger partial charge in [0.1, 0.15) is 11.5 Å². The van der Waals surface area contributed by atoms with E-state index in [-0.39, 0.29) is 30.2 Å². The molecule has 0 saturated heterocycles. The Kier molecular flexibility index (Phi) is 3.74. The van der Waals surface area contributed by atoms with Gasteiger partial charge in [0.05, 0.1) is 26.4 Å². The Morgan fingerprint density at radius 1 is 1.04 bits per heavy atom. The Labute approximate surface area is 134 Å². The normalized spacial score (nSPS) is 23.5. The van der Waals surface area contributed by atoms with Gasteiger partial charge >= 0.3 is 0 Å². The highest BCUT2D eigenvalue weighted by molar-refractivity contribution is 6.28. The molecule has 0 radical (unpaired) electrons. The van der Waals surface area contributed by atoms with E-state index in [2.05, 4.69) is 0 Å². The van der Waals surface area contributed by atoms with Crippen LogP contribution in [0.15, 0.2) is 23.3 Å². The van der Waals surface area contributed by atoms with Gasteiger partial charge in [-0.1, -0.05) is 0 Å². The second-order valence-electron chi connectivity index (χ2n) is 5.67. The first kappa shape index (κ1) is 15.7. The summed E-state index contributed by atoms with van der Waals surface area (Å²) in [5.41, 5.74) is 1.38. The highest BCUT2D eigenvalue weighted by atomic mass is 16.7. The smallest absolute Gasteiger partial charge is 0.196 e. The predicted molar refractivity (Wildman–Crippen MR) is 81.2 cm³/mol. The van der Waals surface area contributed by atoms with Crippen LogP contribution in [0.3, 0.4) is 0 Å². The molecule has 1 aromatic carbocycles. The van der Waals surface area contributed by atoms with E-state index in [0.29, 0.717) is 28.2 Å². The Hall–Kier alpha value is -2.18. The first-order chi connectivity index (χ1) is 10.9. The molecule has 0 aromatic heterocycles. The van der Waals surface area contributed by atoms with Gasteiger partial charge in [-0.15, -0.1) is 0 Å². The van der Waals surface area contributed by atoms with Crippen molar-refractivity contribution in [1.29, 1.82) is 0 Å². The molecule has 1 heterocycles. The highest BCUT2D eigenvalue weighted by Crippen LogP contribution is 2.41. The maximum absolute atomic E-state index is 12.9. The number of methoxy groups -OCH3 is 3. The molecule has 0 fully saturated rings. The fourth-order valence-corrected chi connectivity index (χ4v) is 2.94. The molecule has 6 nitrogen and oxygen atoms in total. The topological polar surface area (TPSA) is 71.1 Å². The lowest BCUT2D eigenvalue weighted by Crippen LogP contribution is -2.41. The van der Waals surface area contributed by atoms with E-state index in [9.17, 15) is 9.59 Å². The monoisotopic (exact) mass is 318 g/mol. The number of carbonyl (C=O) groups is 2. The quantitative estimate of drug-likeness (QED) is 0.850. The molecule has 23 heavy (non-hydrogen) atoms. The second kappa shape index (κ2) is 5.47. The van der Waals surface area contributed by atoms with Crippen molar-refractivity contribution in [2.45, 2.75) is 19.1 Å². The minimum Gasteiger partial charge on any atom is -0.497 e. The number of hydrogen-bond acceptors (Lipinski definition) is 6. The Balaban J connectivity index is 2.16. The van der Waals surface area contributed by atoms with E-state index in [1.165, 1.54) is 21.3 Å². The van der Waals surface area contributed by atoms with Crippen molar-refractivity contribution in [2.75, 3.05) is 27.9 Å². The Bertz CT molecular complexity index is 733. The van der Waals surface area contributed by atoms with Crippen LogP contribution in [0, 0.1) is 0 Å². The molecule has 1 atom stereocenters. The van der Waals surface area contributed by atoms with Gasteiger partial charge in [-0.25, -0.2) is 0 Å². The average Bonchev–Trinajstić information content (AvgIpc) is 2.58. The standard InChI is InChI=1S/C17H18O6/c1-17(22-4)7-11-12(8-23-17)16(19)14-10(15(11)18)5-9(20-2)6-13(14)21-3/h5-6H,7-8H2,1-4H3. The largest absolute Gasteiger partial charge is 0.497 e. The van der Waals surface area contributed by atoms with Gasteiger partial charge in [-0.3, -0.25) is 9.59 Å². The number of benzene rings is 1. The lowest BCUT2D eigenvalue weighted by atomic mass is 9.80. The fourth-order valence-electron chi connectivity index (χ4n) is 2.94. The van der Waals surface area contributed by atoms with E-state index >= 15 is 0 Å². The van der Waals surface area contributed by atoms with Crippen LogP contribution in [-0.4, -0.2) is 45.3 Å². The summed E-state index contributed by atoms with van der Waals surface area (Å²) < 4.78 is 21.4. The van der Waals surface area contributed by atoms with Crippen molar-refractivity contribution < 1.29 is 28.5 Å². The number of ether oxygens (including phenoxy) is 4. The molecule has 1 aliphatic heterocycles. The number of rotatable bonds is 3. The van der Waals surface area contributed by atoms with Crippen LogP contribution < -0.4 is 9.47 Å². The van der Waals surface area contributed by atoms with Gasteiger partial charge < -0.3 is 18.9 Å². The van der Waals surface area contributed by atoms with Crippen molar-refractivity contribution in [3.8, 4) is 11.5 Å². The van der Waals surface area contributed by atoms with Crippen molar-refractivity contribution in [1.82, 2.24) is 0 Å². The van der Waals surface area contributed by atoms with Gasteiger partial charge in [0.25, 0.3) is 0 Å². The van der Waals surface area contributed by atoms with Crippen LogP contribution in [-0.2, 0) is 9.47 Å². The van der Waals surface area contributed by atoms with Gasteiger partial charge in [-0.2, -0.15) is 0 Å². The summed E-state index contributed by atoms with van der Waals surface area (Å²) in [5.74, 6) is -0.572. The molecule has 0 N–H and O–H groups in total. The third-order valence-electron chi connectivity index (χ3n) is 4.37. The number of Topliss-reactive ketones (excluding diaryl/α,β-unsaturated/α-hetero) is 2. The van der Waals surface area contributed by atoms with Crippen molar-refractivity contribution in [3.63, 3.8) is 0 Å². The maximum Gasteiger partial charge on any atom is 0.196 e. The molecular weight excluding hydrogens is 300 g/mol. The number of carbonyl (C=O) groups excluding carboxylic acids is 2. The summed E-state index contributed by atoms with van der Waals surface area (Å²) in [5, 5.41) is 0. The van der Waals surface area contributed by atoms with Crippen LogP contribution in [0.4, 0.5) is 0 Å². The summed E-state index contributed by atoms with van der Waals surface area (Å²) in [7, 11) is 4.47. The summed E-state index contributed by atoms with van der Waals surface area (Å²) in [4.78, 5) is 25.7. The van der Waals surface area contributed by atoms with Gasteiger partial charge in [0, 0.05) is 36.3 Å². The summed E-state index contributed by atoms with van der Waals surface area (Å²) in [6.45, 7) is 1.79. The van der Waals surface area contributed by atoms with E-state index in [4.69, 9.17) is 18.9 Å². The fraction of sp³-hybridized carbons (Fsp3) is 0.412. The predicted octanol–water partition coefficient (Wildman–Crippen LogP) is 2.16. The molecule has 3 rings (SSSR count). The molecule has 2 aliphatic rings. The third kappa shape index (κ3) is 2.34. The van der Waals surface area contributed by atoms with Gasteiger partial charge in [0.15, 0.2) is 17.4 Å². The lowest BCUT2D eigenvalue weighted by Gasteiger charge is -2.36. The zero-order valence-corrected chi connectivity index (χ0v) is 13.5. The Morgan fingerprint density at radius 2 is 1.78 bits per heavy atom. The SMILES string of the molecule is COc1cc(OC)c2c(c1)C(=O)C1=C(COC(C)(OC)C1)C2=O. The first-order valence-corrected chi connectivity index (χ1v) is 7.20. The van der Waals surface area contributed by atoms with E-state index < -0.39 is 5.79 Å². The minimum atomic E-state index is -0.908. The molecule has 0 spiro atoms. The van der Waals surface area contributed by atoms with E-state index in [1.807, 2.05) is 0 Å². The molecule has 0 amide bonds. The zero-order valence-electron chi connectivity index (χ0n) is 13.5. The van der Waals surface area contributed by atoms with Gasteiger partial charge in [-0.05, 0) is 13.0 Å². The van der Waals surface area contributed by atoms with Crippen molar-refractivity contribution in [2.24, 2.45) is 0 Å². The second-order valence-corrected chi connectivity index (χ2v) is 5.67. The third-order valence-corrected chi connectivity index (χ3v) is 4.37. The highest BCUT2D eigenvalue weighted by Gasteiger charge is 2.42. The van der Waals surface area contributed by atoms with E-state index in [0.717, 1.165) is 0 Å². The minimum absolute atomic E-state index is 0.0405. The summed E-state index contributed by atoms with van der Waals surface area (Å²) in [6.07, 6.45) is 0.225. The summed E-state index contributed by atoms with van der Waals surface area (Å²) >= 11 is 0. The van der Waals surface area contributed by atoms with E-state index in [1.54, 1.807) is 19.1 Å². The maximum atomic E-state index is 12.9. The average molecular weight is 318 g/mol. The first-order valence-electron chi connectivity index (χ1n) is 7.20. The molecule has 0 bridgehead atoms. The number of fused-ring (bicyclic) bond motifs is 1. The van der Waals surface area contributed by atoms with Crippen LogP contribution >= 0.6 is 0 Å². The zero-order chi connectivity index (χ0) is 16.8. The van der Waals surface area contributed by atoms with Crippen molar-refractivity contribution in [3.05, 3.63) is 34.4 Å². The molecule has 122 valence electrons. The molecule has 0 saturated carbocycles. The summed E-state index contributed by atoms with van der Waals surface area (Å²) in [6, 6.07) is 3.17. The molecule has 1 unspecified atom stereocenters. The molecular formula is C17H18O6. The molecule has 1 aliphatic carbocycles. The van der Waals surface area contributed by atoms with Crippen molar-refractivity contribution >= 4 is 11.6 Å². The van der Waals surface area contributed by atoms with Crippen LogP contribution in [0.2, 0.25) is 0 Å². The van der Waals surface area contributed by atoms with Crippen LogP contribution in [0.1, 0.15) is 34.1 Å². The molecule has 1 aromatic rings. The lowest BCUT2D eigenvalue weighted by molar-refractivity contribution is -0.208. The van der Waals surface area contributed by atoms with Crippen LogP contribution in [0.5, 0.6) is 11.5 Å². The number of hydrogen-bond donors (Lipinski definition) is 0. The Morgan fingerprint density at radius 3 is 2.39 bits per heavy atom. The van der Waals surface area contributed by atoms with Gasteiger partial charge in [0.2, 0.25) is 0 Å².